The van der Waals surface area contributed by atoms with Crippen LogP contribution in [0.15, 0.2) is 23.3 Å². The third-order valence-corrected chi connectivity index (χ3v) is 1.62. The Labute approximate surface area is 70.8 Å². The third-order valence-electron chi connectivity index (χ3n) is 1.62. The largest absolute Gasteiger partial charge is 0.412 e. The van der Waals surface area contributed by atoms with Crippen LogP contribution in [0, 0.1) is 0 Å². The summed E-state index contributed by atoms with van der Waals surface area (Å²) >= 11 is 0. The number of hydrogen-bond donors (Lipinski definition) is 0. The number of allylic oxidation sites excluding steroid dienone is 4. The summed E-state index contributed by atoms with van der Waals surface area (Å²) in [5.74, 6) is 0. The Morgan fingerprint density at radius 1 is 1.17 bits per heavy atom. The van der Waals surface area contributed by atoms with E-state index in [1.54, 1.807) is 6.92 Å². The van der Waals surface area contributed by atoms with E-state index in [2.05, 4.69) is 0 Å². The smallest absolute Gasteiger partial charge is 0.166 e. The molecule has 0 radical (unpaired) electrons. The zero-order valence-corrected chi connectivity index (χ0v) is 7.50. The Bertz CT molecular complexity index is 196. The zero-order valence-electron chi connectivity index (χ0n) is 7.50. The lowest BCUT2D eigenvalue weighted by Crippen LogP contribution is -2.08. The van der Waals surface area contributed by atoms with E-state index in [0.717, 1.165) is 25.0 Å². The van der Waals surface area contributed by atoms with Crippen LogP contribution in [0.4, 0.5) is 13.2 Å². The van der Waals surface area contributed by atoms with Crippen molar-refractivity contribution in [1.82, 2.24) is 0 Å². The molecular formula is C9H13F3. The summed E-state index contributed by atoms with van der Waals surface area (Å²) in [6.45, 7) is 4.78. The van der Waals surface area contributed by atoms with Crippen molar-refractivity contribution in [2.45, 2.75) is 33.4 Å². The Kier molecular flexibility index (Phi) is 4.07. The lowest BCUT2D eigenvalue weighted by molar-refractivity contribution is -0.0912. The molecule has 12 heavy (non-hydrogen) atoms. The molecule has 3 heteroatoms. The summed E-state index contributed by atoms with van der Waals surface area (Å²) in [7, 11) is 0. The first-order valence-corrected chi connectivity index (χ1v) is 3.79. The van der Waals surface area contributed by atoms with Gasteiger partial charge in [-0.15, -0.1) is 0 Å². The van der Waals surface area contributed by atoms with Crippen molar-refractivity contribution in [1.29, 1.82) is 0 Å². The molecule has 0 rings (SSSR count). The van der Waals surface area contributed by atoms with Crippen molar-refractivity contribution in [2.75, 3.05) is 0 Å². The van der Waals surface area contributed by atoms with Gasteiger partial charge in [0.05, 0.1) is 0 Å². The number of rotatable bonds is 2. The molecule has 0 bridgehead atoms. The third kappa shape index (κ3) is 4.21. The van der Waals surface area contributed by atoms with Crippen LogP contribution in [0.25, 0.3) is 0 Å². The van der Waals surface area contributed by atoms with Crippen molar-refractivity contribution in [3.05, 3.63) is 23.3 Å². The highest BCUT2D eigenvalue weighted by atomic mass is 19.4. The van der Waals surface area contributed by atoms with Gasteiger partial charge in [0.2, 0.25) is 0 Å². The Morgan fingerprint density at radius 3 is 2.00 bits per heavy atom. The Morgan fingerprint density at radius 2 is 1.67 bits per heavy atom. The lowest BCUT2D eigenvalue weighted by Gasteiger charge is -2.04. The van der Waals surface area contributed by atoms with E-state index in [1.807, 2.05) is 6.92 Å². The second-order valence-electron chi connectivity index (χ2n) is 2.71. The van der Waals surface area contributed by atoms with Crippen LogP contribution in [0.2, 0.25) is 0 Å². The van der Waals surface area contributed by atoms with Gasteiger partial charge < -0.3 is 0 Å². The van der Waals surface area contributed by atoms with Gasteiger partial charge in [0.25, 0.3) is 0 Å². The maximum Gasteiger partial charge on any atom is 0.412 e. The molecule has 0 aromatic rings. The molecule has 0 aromatic carbocycles. The van der Waals surface area contributed by atoms with Crippen molar-refractivity contribution < 1.29 is 13.2 Å². The van der Waals surface area contributed by atoms with E-state index < -0.39 is 11.7 Å². The predicted octanol–water partition coefficient (Wildman–Crippen LogP) is 3.85. The Hall–Kier alpha value is -0.730. The topological polar surface area (TPSA) is 0 Å². The van der Waals surface area contributed by atoms with Gasteiger partial charge >= 0.3 is 6.18 Å². The minimum Gasteiger partial charge on any atom is -0.166 e. The second-order valence-corrected chi connectivity index (χ2v) is 2.71. The molecule has 0 aliphatic rings. The van der Waals surface area contributed by atoms with E-state index >= 15 is 0 Å². The molecule has 0 aromatic heterocycles. The van der Waals surface area contributed by atoms with Crippen molar-refractivity contribution >= 4 is 0 Å². The zero-order chi connectivity index (χ0) is 9.78. The first-order chi connectivity index (χ1) is 5.38. The van der Waals surface area contributed by atoms with Crippen LogP contribution in [0.3, 0.4) is 0 Å². The summed E-state index contributed by atoms with van der Waals surface area (Å²) in [5, 5.41) is 0. The predicted molar refractivity (Wildman–Crippen MR) is 43.9 cm³/mol. The highest BCUT2D eigenvalue weighted by molar-refractivity contribution is 5.18. The van der Waals surface area contributed by atoms with E-state index in [9.17, 15) is 13.2 Å². The maximum atomic E-state index is 11.9. The summed E-state index contributed by atoms with van der Waals surface area (Å²) in [6, 6.07) is 0. The molecule has 0 saturated carbocycles. The van der Waals surface area contributed by atoms with E-state index in [4.69, 9.17) is 0 Å². The molecule has 0 N–H and O–H groups in total. The van der Waals surface area contributed by atoms with Crippen LogP contribution >= 0.6 is 0 Å². The van der Waals surface area contributed by atoms with Crippen LogP contribution in [-0.4, -0.2) is 6.18 Å². The molecule has 0 saturated heterocycles. The first-order valence-electron chi connectivity index (χ1n) is 3.79. The van der Waals surface area contributed by atoms with Gasteiger partial charge in [-0.25, -0.2) is 0 Å². The van der Waals surface area contributed by atoms with E-state index in [-0.39, 0.29) is 0 Å². The van der Waals surface area contributed by atoms with Crippen LogP contribution < -0.4 is 0 Å². The fourth-order valence-electron chi connectivity index (χ4n) is 0.480. The highest BCUT2D eigenvalue weighted by Gasteiger charge is 2.29. The van der Waals surface area contributed by atoms with E-state index in [0.29, 0.717) is 0 Å². The SMILES string of the molecule is CCC(C)=CC=C(C)C(F)(F)F. The fourth-order valence-corrected chi connectivity index (χ4v) is 0.480. The summed E-state index contributed by atoms with van der Waals surface area (Å²) < 4.78 is 35.7. The number of hydrogen-bond acceptors (Lipinski definition) is 0. The minimum atomic E-state index is -4.19. The number of alkyl halides is 3. The van der Waals surface area contributed by atoms with Crippen LogP contribution in [0.1, 0.15) is 27.2 Å². The minimum absolute atomic E-state index is 0.560. The standard InChI is InChI=1S/C9H13F3/c1-4-7(2)5-6-8(3)9(10,11)12/h5-6H,4H2,1-3H3. The number of halogens is 3. The molecule has 0 atom stereocenters. The summed E-state index contributed by atoms with van der Waals surface area (Å²) in [4.78, 5) is 0. The highest BCUT2D eigenvalue weighted by Crippen LogP contribution is 2.24. The van der Waals surface area contributed by atoms with Gasteiger partial charge in [-0.05, 0) is 20.3 Å². The van der Waals surface area contributed by atoms with Crippen molar-refractivity contribution in [3.8, 4) is 0 Å². The van der Waals surface area contributed by atoms with Gasteiger partial charge in [0.1, 0.15) is 0 Å². The molecule has 0 heterocycles. The molecule has 0 spiro atoms. The van der Waals surface area contributed by atoms with Gasteiger partial charge in [0, 0.05) is 5.57 Å². The molecule has 0 unspecified atom stereocenters. The molecule has 0 aliphatic carbocycles. The molecule has 0 nitrogen and oxygen atoms in total. The lowest BCUT2D eigenvalue weighted by atomic mass is 10.2. The Balaban J connectivity index is 4.39. The van der Waals surface area contributed by atoms with Crippen molar-refractivity contribution in [3.63, 3.8) is 0 Å². The van der Waals surface area contributed by atoms with Gasteiger partial charge in [-0.3, -0.25) is 0 Å². The average molecular weight is 178 g/mol. The average Bonchev–Trinajstić information content (AvgIpc) is 1.97. The van der Waals surface area contributed by atoms with Gasteiger partial charge in [-0.1, -0.05) is 24.6 Å². The van der Waals surface area contributed by atoms with Crippen LogP contribution in [-0.2, 0) is 0 Å². The molecule has 0 amide bonds. The monoisotopic (exact) mass is 178 g/mol. The molecule has 0 fully saturated rings. The summed E-state index contributed by atoms with van der Waals surface area (Å²) in [5.41, 5.74) is 0.383. The second kappa shape index (κ2) is 4.33. The van der Waals surface area contributed by atoms with Crippen LogP contribution in [0.5, 0.6) is 0 Å². The molecular weight excluding hydrogens is 165 g/mol. The normalized spacial score (nSPS) is 15.2. The maximum absolute atomic E-state index is 11.9. The van der Waals surface area contributed by atoms with Crippen molar-refractivity contribution in [2.24, 2.45) is 0 Å². The molecule has 70 valence electrons. The fraction of sp³-hybridized carbons (Fsp3) is 0.556. The first kappa shape index (κ1) is 11.3. The summed E-state index contributed by atoms with van der Waals surface area (Å²) in [6.07, 6.45) is -0.798. The van der Waals surface area contributed by atoms with E-state index in [1.165, 1.54) is 6.08 Å². The van der Waals surface area contributed by atoms with Gasteiger partial charge in [-0.2, -0.15) is 13.2 Å². The molecule has 0 aliphatic heterocycles. The quantitative estimate of drug-likeness (QED) is 0.563. The van der Waals surface area contributed by atoms with Gasteiger partial charge in [0.15, 0.2) is 0 Å².